The molecule has 0 aliphatic heterocycles. The maximum absolute atomic E-state index is 11.7. The molecule has 2 heterocycles. The molecule has 1 amide bonds. The van der Waals surface area contributed by atoms with E-state index in [0.29, 0.717) is 17.3 Å². The third-order valence-electron chi connectivity index (χ3n) is 2.21. The first kappa shape index (κ1) is 11.7. The molecule has 0 saturated heterocycles. The van der Waals surface area contributed by atoms with E-state index in [1.165, 1.54) is 6.20 Å². The first-order valence-electron chi connectivity index (χ1n) is 5.10. The maximum Gasteiger partial charge on any atom is 0.253 e. The Morgan fingerprint density at radius 2 is 2.24 bits per heavy atom. The summed E-state index contributed by atoms with van der Waals surface area (Å²) in [7, 11) is 0. The van der Waals surface area contributed by atoms with Gasteiger partial charge in [-0.3, -0.25) is 4.79 Å². The van der Waals surface area contributed by atoms with Crippen LogP contribution in [0.25, 0.3) is 0 Å². The highest BCUT2D eigenvalue weighted by molar-refractivity contribution is 6.29. The van der Waals surface area contributed by atoms with Crippen molar-refractivity contribution in [1.82, 2.24) is 10.3 Å². The lowest BCUT2D eigenvalue weighted by molar-refractivity contribution is 0.0947. The van der Waals surface area contributed by atoms with Gasteiger partial charge in [-0.25, -0.2) is 4.98 Å². The van der Waals surface area contributed by atoms with Gasteiger partial charge in [0.15, 0.2) is 0 Å². The molecule has 2 rings (SSSR count). The lowest BCUT2D eigenvalue weighted by Crippen LogP contribution is -2.22. The second-order valence-corrected chi connectivity index (χ2v) is 3.95. The van der Waals surface area contributed by atoms with Crippen LogP contribution in [0, 0.1) is 6.92 Å². The van der Waals surface area contributed by atoms with E-state index in [1.54, 1.807) is 12.1 Å². The highest BCUT2D eigenvalue weighted by Gasteiger charge is 2.06. The average molecular weight is 251 g/mol. The number of amides is 1. The second kappa shape index (κ2) is 5.01. The molecule has 17 heavy (non-hydrogen) atoms. The number of nitrogens with one attached hydrogen (secondary N) is 1. The molecule has 0 unspecified atom stereocenters. The van der Waals surface area contributed by atoms with Crippen LogP contribution in [0.3, 0.4) is 0 Å². The van der Waals surface area contributed by atoms with Gasteiger partial charge in [0.25, 0.3) is 5.91 Å². The van der Waals surface area contributed by atoms with Crippen LogP contribution >= 0.6 is 11.6 Å². The van der Waals surface area contributed by atoms with Crippen LogP contribution in [0.4, 0.5) is 0 Å². The third kappa shape index (κ3) is 3.07. The Kier molecular flexibility index (Phi) is 3.44. The van der Waals surface area contributed by atoms with Crippen molar-refractivity contribution in [3.8, 4) is 0 Å². The fourth-order valence-electron chi connectivity index (χ4n) is 1.36. The zero-order valence-corrected chi connectivity index (χ0v) is 9.99. The van der Waals surface area contributed by atoms with Gasteiger partial charge in [-0.1, -0.05) is 11.6 Å². The van der Waals surface area contributed by atoms with Gasteiger partial charge in [-0.05, 0) is 31.2 Å². The second-order valence-electron chi connectivity index (χ2n) is 3.56. The SMILES string of the molecule is Cc1ccc(CNC(=O)c2ccc(Cl)nc2)o1. The largest absolute Gasteiger partial charge is 0.465 e. The Bertz CT molecular complexity index is 520. The van der Waals surface area contributed by atoms with Gasteiger partial charge < -0.3 is 9.73 Å². The Hall–Kier alpha value is -1.81. The molecule has 1 N–H and O–H groups in total. The first-order chi connectivity index (χ1) is 8.15. The van der Waals surface area contributed by atoms with E-state index < -0.39 is 0 Å². The van der Waals surface area contributed by atoms with E-state index in [0.717, 1.165) is 11.5 Å². The zero-order chi connectivity index (χ0) is 12.3. The van der Waals surface area contributed by atoms with Crippen molar-refractivity contribution in [3.05, 3.63) is 52.7 Å². The van der Waals surface area contributed by atoms with E-state index >= 15 is 0 Å². The Balaban J connectivity index is 1.95. The number of carbonyl (C=O) groups excluding carboxylic acids is 1. The van der Waals surface area contributed by atoms with Crippen LogP contribution in [0.5, 0.6) is 0 Å². The molecule has 2 aromatic heterocycles. The van der Waals surface area contributed by atoms with Gasteiger partial charge in [0.05, 0.1) is 12.1 Å². The van der Waals surface area contributed by atoms with Crippen molar-refractivity contribution >= 4 is 17.5 Å². The molecule has 88 valence electrons. The molecule has 0 aliphatic rings. The molecule has 0 radical (unpaired) electrons. The molecular weight excluding hydrogens is 240 g/mol. The summed E-state index contributed by atoms with van der Waals surface area (Å²) in [6.45, 7) is 2.21. The van der Waals surface area contributed by atoms with Gasteiger partial charge in [-0.2, -0.15) is 0 Å². The van der Waals surface area contributed by atoms with E-state index in [-0.39, 0.29) is 5.91 Å². The highest BCUT2D eigenvalue weighted by atomic mass is 35.5. The Labute approximate surface area is 104 Å². The minimum atomic E-state index is -0.205. The Morgan fingerprint density at radius 3 is 2.82 bits per heavy atom. The van der Waals surface area contributed by atoms with Crippen molar-refractivity contribution in [2.75, 3.05) is 0 Å². The molecule has 0 bridgehead atoms. The first-order valence-corrected chi connectivity index (χ1v) is 5.48. The fourth-order valence-corrected chi connectivity index (χ4v) is 1.47. The minimum Gasteiger partial charge on any atom is -0.465 e. The number of aryl methyl sites for hydroxylation is 1. The van der Waals surface area contributed by atoms with Crippen LogP contribution < -0.4 is 5.32 Å². The smallest absolute Gasteiger partial charge is 0.253 e. The van der Waals surface area contributed by atoms with Crippen LogP contribution in [0.2, 0.25) is 5.15 Å². The Morgan fingerprint density at radius 1 is 1.41 bits per heavy atom. The number of hydrogen-bond acceptors (Lipinski definition) is 3. The topological polar surface area (TPSA) is 55.1 Å². The normalized spacial score (nSPS) is 10.2. The molecule has 2 aromatic rings. The highest BCUT2D eigenvalue weighted by Crippen LogP contribution is 2.07. The molecule has 0 spiro atoms. The summed E-state index contributed by atoms with van der Waals surface area (Å²) in [6, 6.07) is 6.88. The number of hydrogen-bond donors (Lipinski definition) is 1. The zero-order valence-electron chi connectivity index (χ0n) is 9.24. The lowest BCUT2D eigenvalue weighted by atomic mass is 10.2. The van der Waals surface area contributed by atoms with Gasteiger partial charge in [0.1, 0.15) is 16.7 Å². The van der Waals surface area contributed by atoms with E-state index in [4.69, 9.17) is 16.0 Å². The van der Waals surface area contributed by atoms with E-state index in [2.05, 4.69) is 10.3 Å². The number of nitrogens with zero attached hydrogens (tertiary/aromatic N) is 1. The predicted octanol–water partition coefficient (Wildman–Crippen LogP) is 2.57. The molecule has 0 atom stereocenters. The number of carbonyl (C=O) groups is 1. The summed E-state index contributed by atoms with van der Waals surface area (Å²) < 4.78 is 5.34. The van der Waals surface area contributed by atoms with Crippen molar-refractivity contribution in [1.29, 1.82) is 0 Å². The van der Waals surface area contributed by atoms with Gasteiger partial charge in [0, 0.05) is 6.20 Å². The molecular formula is C12H11ClN2O2. The molecule has 0 aromatic carbocycles. The number of aromatic nitrogens is 1. The molecule has 5 heteroatoms. The fraction of sp³-hybridized carbons (Fsp3) is 0.167. The minimum absolute atomic E-state index is 0.205. The van der Waals surface area contributed by atoms with E-state index in [9.17, 15) is 4.79 Å². The quantitative estimate of drug-likeness (QED) is 0.852. The summed E-state index contributed by atoms with van der Waals surface area (Å²) in [5.74, 6) is 1.34. The molecule has 4 nitrogen and oxygen atoms in total. The summed E-state index contributed by atoms with van der Waals surface area (Å²) in [5.41, 5.74) is 0.470. The lowest BCUT2D eigenvalue weighted by Gasteiger charge is -2.02. The number of pyridine rings is 1. The molecule has 0 aliphatic carbocycles. The van der Waals surface area contributed by atoms with Crippen molar-refractivity contribution in [2.45, 2.75) is 13.5 Å². The van der Waals surface area contributed by atoms with Crippen LogP contribution in [-0.2, 0) is 6.54 Å². The van der Waals surface area contributed by atoms with E-state index in [1.807, 2.05) is 19.1 Å². The maximum atomic E-state index is 11.7. The standard InChI is InChI=1S/C12H11ClN2O2/c1-8-2-4-10(17-8)7-15-12(16)9-3-5-11(13)14-6-9/h2-6H,7H2,1H3,(H,15,16). The van der Waals surface area contributed by atoms with Crippen molar-refractivity contribution in [2.24, 2.45) is 0 Å². The molecule has 0 fully saturated rings. The summed E-state index contributed by atoms with van der Waals surface area (Å²) in [5, 5.41) is 3.10. The van der Waals surface area contributed by atoms with Crippen molar-refractivity contribution in [3.63, 3.8) is 0 Å². The monoisotopic (exact) mass is 250 g/mol. The summed E-state index contributed by atoms with van der Waals surface area (Å²) >= 11 is 5.63. The summed E-state index contributed by atoms with van der Waals surface area (Å²) in [4.78, 5) is 15.5. The number of furan rings is 1. The number of rotatable bonds is 3. The van der Waals surface area contributed by atoms with Crippen LogP contribution in [0.1, 0.15) is 21.9 Å². The van der Waals surface area contributed by atoms with Crippen LogP contribution in [-0.4, -0.2) is 10.9 Å². The van der Waals surface area contributed by atoms with Gasteiger partial charge in [-0.15, -0.1) is 0 Å². The summed E-state index contributed by atoms with van der Waals surface area (Å²) in [6.07, 6.45) is 1.44. The predicted molar refractivity (Wildman–Crippen MR) is 63.9 cm³/mol. The van der Waals surface area contributed by atoms with Crippen LogP contribution in [0.15, 0.2) is 34.9 Å². The van der Waals surface area contributed by atoms with Gasteiger partial charge in [0.2, 0.25) is 0 Å². The number of halogens is 1. The third-order valence-corrected chi connectivity index (χ3v) is 2.43. The van der Waals surface area contributed by atoms with Gasteiger partial charge >= 0.3 is 0 Å². The average Bonchev–Trinajstić information content (AvgIpc) is 2.73. The molecule has 0 saturated carbocycles. The van der Waals surface area contributed by atoms with Crippen molar-refractivity contribution < 1.29 is 9.21 Å².